The number of nitrogens with zero attached hydrogens (tertiary/aromatic N) is 1. The van der Waals surface area contributed by atoms with Gasteiger partial charge in [0.25, 0.3) is 0 Å². The minimum absolute atomic E-state index is 0.0931. The van der Waals surface area contributed by atoms with Crippen LogP contribution in [0.1, 0.15) is 20.3 Å². The molecule has 0 aromatic heterocycles. The molecule has 0 aromatic rings. The Bertz CT molecular complexity index is 282. The zero-order valence-corrected chi connectivity index (χ0v) is 10.1. The molecular weight excluding hydrogens is 206 g/mol. The standard InChI is InChI=1S/C12H19NO3/c1-4-6-7-8-11(14)13(5-2)10-9-12(15)16-3/h4,6-8H,5,9-10H2,1-3H3/b6-4+,8-7+. The molecule has 0 saturated carbocycles. The third kappa shape index (κ3) is 6.01. The van der Waals surface area contributed by atoms with Gasteiger partial charge in [-0.1, -0.05) is 18.2 Å². The summed E-state index contributed by atoms with van der Waals surface area (Å²) in [5.41, 5.74) is 0. The summed E-state index contributed by atoms with van der Waals surface area (Å²) >= 11 is 0. The molecule has 1 amide bonds. The van der Waals surface area contributed by atoms with Crippen molar-refractivity contribution in [1.82, 2.24) is 4.90 Å². The fourth-order valence-corrected chi connectivity index (χ4v) is 1.11. The van der Waals surface area contributed by atoms with Gasteiger partial charge in [-0.15, -0.1) is 0 Å². The maximum Gasteiger partial charge on any atom is 0.307 e. The molecule has 0 unspecified atom stereocenters. The van der Waals surface area contributed by atoms with Crippen LogP contribution in [0.15, 0.2) is 24.3 Å². The number of likely N-dealkylation sites (N-methyl/N-ethyl adjacent to an activating group) is 1. The molecule has 0 heterocycles. The molecule has 0 rings (SSSR count). The summed E-state index contributed by atoms with van der Waals surface area (Å²) in [5, 5.41) is 0. The molecule has 16 heavy (non-hydrogen) atoms. The van der Waals surface area contributed by atoms with Crippen LogP contribution >= 0.6 is 0 Å². The zero-order chi connectivity index (χ0) is 12.4. The van der Waals surface area contributed by atoms with Crippen molar-refractivity contribution in [3.63, 3.8) is 0 Å². The fourth-order valence-electron chi connectivity index (χ4n) is 1.11. The molecule has 0 N–H and O–H groups in total. The van der Waals surface area contributed by atoms with Gasteiger partial charge in [-0.05, 0) is 13.8 Å². The van der Waals surface area contributed by atoms with Crippen molar-refractivity contribution in [2.45, 2.75) is 20.3 Å². The minimum atomic E-state index is -0.302. The number of amides is 1. The SMILES string of the molecule is C/C=C/C=C/C(=O)N(CC)CCC(=O)OC. The lowest BCUT2D eigenvalue weighted by Gasteiger charge is -2.18. The van der Waals surface area contributed by atoms with E-state index in [1.165, 1.54) is 13.2 Å². The lowest BCUT2D eigenvalue weighted by molar-refractivity contribution is -0.141. The fraction of sp³-hybridized carbons (Fsp3) is 0.500. The van der Waals surface area contributed by atoms with Crippen LogP contribution in [0.25, 0.3) is 0 Å². The number of carbonyl (C=O) groups is 2. The van der Waals surface area contributed by atoms with Gasteiger partial charge in [0.15, 0.2) is 0 Å². The van der Waals surface area contributed by atoms with Crippen molar-refractivity contribution in [2.75, 3.05) is 20.2 Å². The number of rotatable bonds is 6. The largest absolute Gasteiger partial charge is 0.469 e. The Balaban J connectivity index is 4.16. The van der Waals surface area contributed by atoms with Gasteiger partial charge in [0.2, 0.25) is 5.91 Å². The topological polar surface area (TPSA) is 46.6 Å². The van der Waals surface area contributed by atoms with E-state index in [9.17, 15) is 9.59 Å². The Kier molecular flexibility index (Phi) is 7.85. The summed E-state index contributed by atoms with van der Waals surface area (Å²) < 4.78 is 4.52. The van der Waals surface area contributed by atoms with Crippen LogP contribution in [0.5, 0.6) is 0 Å². The van der Waals surface area contributed by atoms with E-state index in [2.05, 4.69) is 4.74 Å². The highest BCUT2D eigenvalue weighted by atomic mass is 16.5. The summed E-state index contributed by atoms with van der Waals surface area (Å²) in [6.45, 7) is 4.72. The van der Waals surface area contributed by atoms with E-state index in [4.69, 9.17) is 0 Å². The van der Waals surface area contributed by atoms with E-state index < -0.39 is 0 Å². The molecule has 0 aliphatic carbocycles. The molecular formula is C12H19NO3. The smallest absolute Gasteiger partial charge is 0.307 e. The van der Waals surface area contributed by atoms with E-state index in [1.54, 1.807) is 17.1 Å². The van der Waals surface area contributed by atoms with Gasteiger partial charge in [-0.3, -0.25) is 9.59 Å². The van der Waals surface area contributed by atoms with Crippen LogP contribution in [0, 0.1) is 0 Å². The predicted octanol–water partition coefficient (Wildman–Crippen LogP) is 1.53. The molecule has 0 spiro atoms. The highest BCUT2D eigenvalue weighted by molar-refractivity contribution is 5.88. The summed E-state index contributed by atoms with van der Waals surface area (Å²) in [6, 6.07) is 0. The van der Waals surface area contributed by atoms with Gasteiger partial charge >= 0.3 is 5.97 Å². The molecule has 0 saturated heterocycles. The quantitative estimate of drug-likeness (QED) is 0.391. The maximum absolute atomic E-state index is 11.6. The Hall–Kier alpha value is -1.58. The van der Waals surface area contributed by atoms with Gasteiger partial charge in [-0.2, -0.15) is 0 Å². The molecule has 0 aromatic carbocycles. The Morgan fingerprint density at radius 1 is 1.31 bits per heavy atom. The Morgan fingerprint density at radius 2 is 2.00 bits per heavy atom. The van der Waals surface area contributed by atoms with Crippen molar-refractivity contribution in [1.29, 1.82) is 0 Å². The second-order valence-electron chi connectivity index (χ2n) is 3.13. The normalized spacial score (nSPS) is 10.9. The van der Waals surface area contributed by atoms with Crippen molar-refractivity contribution in [2.24, 2.45) is 0 Å². The van der Waals surface area contributed by atoms with E-state index in [0.29, 0.717) is 13.1 Å². The predicted molar refractivity (Wildman–Crippen MR) is 62.8 cm³/mol. The van der Waals surface area contributed by atoms with Gasteiger partial charge in [-0.25, -0.2) is 0 Å². The van der Waals surface area contributed by atoms with Crippen molar-refractivity contribution in [3.05, 3.63) is 24.3 Å². The molecule has 90 valence electrons. The third-order valence-corrected chi connectivity index (χ3v) is 2.05. The van der Waals surface area contributed by atoms with Crippen LogP contribution in [-0.4, -0.2) is 37.0 Å². The highest BCUT2D eigenvalue weighted by Gasteiger charge is 2.10. The second kappa shape index (κ2) is 8.71. The van der Waals surface area contributed by atoms with E-state index in [-0.39, 0.29) is 18.3 Å². The first-order valence-electron chi connectivity index (χ1n) is 5.30. The van der Waals surface area contributed by atoms with Crippen LogP contribution in [-0.2, 0) is 14.3 Å². The first kappa shape index (κ1) is 14.4. The molecule has 0 fully saturated rings. The first-order chi connectivity index (χ1) is 7.65. The van der Waals surface area contributed by atoms with Gasteiger partial charge in [0.05, 0.1) is 13.5 Å². The maximum atomic E-state index is 11.6. The number of carbonyl (C=O) groups excluding carboxylic acids is 2. The minimum Gasteiger partial charge on any atom is -0.469 e. The molecule has 0 aliphatic heterocycles. The van der Waals surface area contributed by atoms with E-state index in [1.807, 2.05) is 19.9 Å². The average Bonchev–Trinajstić information content (AvgIpc) is 2.29. The molecule has 0 aliphatic rings. The first-order valence-corrected chi connectivity index (χ1v) is 5.30. The Morgan fingerprint density at radius 3 is 2.50 bits per heavy atom. The number of allylic oxidation sites excluding steroid dienone is 3. The second-order valence-corrected chi connectivity index (χ2v) is 3.13. The lowest BCUT2D eigenvalue weighted by atomic mass is 10.3. The van der Waals surface area contributed by atoms with Gasteiger partial charge < -0.3 is 9.64 Å². The van der Waals surface area contributed by atoms with Crippen LogP contribution in [0.4, 0.5) is 0 Å². The summed E-state index contributed by atoms with van der Waals surface area (Å²) in [6.07, 6.45) is 7.03. The molecule has 4 nitrogen and oxygen atoms in total. The van der Waals surface area contributed by atoms with Crippen LogP contribution in [0.3, 0.4) is 0 Å². The number of methoxy groups -OCH3 is 1. The van der Waals surface area contributed by atoms with Gasteiger partial charge in [0.1, 0.15) is 0 Å². The number of esters is 1. The molecule has 0 atom stereocenters. The summed E-state index contributed by atoms with van der Waals surface area (Å²) in [4.78, 5) is 24.1. The number of ether oxygens (including phenoxy) is 1. The van der Waals surface area contributed by atoms with Crippen LogP contribution < -0.4 is 0 Å². The van der Waals surface area contributed by atoms with Crippen molar-refractivity contribution in [3.8, 4) is 0 Å². The van der Waals surface area contributed by atoms with Crippen LogP contribution in [0.2, 0.25) is 0 Å². The van der Waals surface area contributed by atoms with E-state index in [0.717, 1.165) is 0 Å². The van der Waals surface area contributed by atoms with E-state index >= 15 is 0 Å². The summed E-state index contributed by atoms with van der Waals surface area (Å²) in [7, 11) is 1.34. The van der Waals surface area contributed by atoms with Crippen molar-refractivity contribution < 1.29 is 14.3 Å². The monoisotopic (exact) mass is 225 g/mol. The zero-order valence-electron chi connectivity index (χ0n) is 10.1. The lowest BCUT2D eigenvalue weighted by Crippen LogP contribution is -2.31. The Labute approximate surface area is 96.6 Å². The third-order valence-electron chi connectivity index (χ3n) is 2.05. The highest BCUT2D eigenvalue weighted by Crippen LogP contribution is 1.96. The number of hydrogen-bond donors (Lipinski definition) is 0. The summed E-state index contributed by atoms with van der Waals surface area (Å²) in [5.74, 6) is -0.395. The van der Waals surface area contributed by atoms with Gasteiger partial charge in [0, 0.05) is 19.2 Å². The molecule has 0 bridgehead atoms. The average molecular weight is 225 g/mol. The molecule has 4 heteroatoms. The number of hydrogen-bond acceptors (Lipinski definition) is 3. The van der Waals surface area contributed by atoms with Crippen molar-refractivity contribution >= 4 is 11.9 Å². The molecule has 0 radical (unpaired) electrons.